The average molecular weight is 449 g/mol. The second-order valence-corrected chi connectivity index (χ2v) is 7.70. The molecule has 2 aromatic rings. The summed E-state index contributed by atoms with van der Waals surface area (Å²) in [4.78, 5) is 41.1. The van der Waals surface area contributed by atoms with Gasteiger partial charge in [-0.1, -0.05) is 23.2 Å². The van der Waals surface area contributed by atoms with Crippen LogP contribution in [0.25, 0.3) is 0 Å². The van der Waals surface area contributed by atoms with Gasteiger partial charge in [-0.25, -0.2) is 14.1 Å². The number of hydrogen-bond donors (Lipinski definition) is 2. The highest BCUT2D eigenvalue weighted by Gasteiger charge is 2.49. The summed E-state index contributed by atoms with van der Waals surface area (Å²) in [5.41, 5.74) is 0.850. The molecular formula is C20H15Cl2FN4O3. The molecule has 2 N–H and O–H groups in total. The van der Waals surface area contributed by atoms with Gasteiger partial charge in [-0.3, -0.25) is 9.59 Å². The number of anilines is 2. The van der Waals surface area contributed by atoms with Crippen molar-refractivity contribution in [3.8, 4) is 0 Å². The predicted octanol–water partition coefficient (Wildman–Crippen LogP) is 3.39. The van der Waals surface area contributed by atoms with Crippen LogP contribution >= 0.6 is 23.2 Å². The van der Waals surface area contributed by atoms with Gasteiger partial charge in [0.15, 0.2) is 0 Å². The molecule has 7 nitrogen and oxygen atoms in total. The van der Waals surface area contributed by atoms with Gasteiger partial charge in [-0.2, -0.15) is 0 Å². The van der Waals surface area contributed by atoms with Crippen LogP contribution in [0.3, 0.4) is 0 Å². The number of hydrogen-bond acceptors (Lipinski definition) is 4. The van der Waals surface area contributed by atoms with Gasteiger partial charge in [-0.05, 0) is 42.5 Å². The monoisotopic (exact) mass is 448 g/mol. The van der Waals surface area contributed by atoms with E-state index in [-0.39, 0.29) is 16.3 Å². The lowest BCUT2D eigenvalue weighted by atomic mass is 9.99. The zero-order chi connectivity index (χ0) is 21.6. The number of carbonyl (C=O) groups excluding carboxylic acids is 3. The van der Waals surface area contributed by atoms with Crippen molar-refractivity contribution in [3.05, 3.63) is 70.1 Å². The summed E-state index contributed by atoms with van der Waals surface area (Å²) in [6, 6.07) is 7.77. The highest BCUT2D eigenvalue weighted by molar-refractivity contribution is 6.31. The van der Waals surface area contributed by atoms with Crippen molar-refractivity contribution in [1.82, 2.24) is 10.2 Å². The highest BCUT2D eigenvalue weighted by atomic mass is 35.5. The first-order chi connectivity index (χ1) is 14.3. The van der Waals surface area contributed by atoms with Crippen LogP contribution in [0.5, 0.6) is 0 Å². The lowest BCUT2D eigenvalue weighted by molar-refractivity contribution is -0.122. The Kier molecular flexibility index (Phi) is 5.13. The van der Waals surface area contributed by atoms with E-state index in [0.29, 0.717) is 10.7 Å². The van der Waals surface area contributed by atoms with E-state index in [0.717, 1.165) is 11.0 Å². The summed E-state index contributed by atoms with van der Waals surface area (Å²) in [5, 5.41) is 5.66. The van der Waals surface area contributed by atoms with Crippen molar-refractivity contribution < 1.29 is 18.8 Å². The molecule has 0 aromatic heterocycles. The standard InChI is InChI=1S/C20H15Cl2FN4O3/c1-26-9-13(18(28)24-11-4-7-15(23)14(22)8-11)16-17(26)19(29)27(20(30)25-16)12-5-2-10(21)3-6-12/h2-9,16-17H,1H3,(H,24,28)(H,25,30). The third-order valence-corrected chi connectivity index (χ3v) is 5.45. The minimum atomic E-state index is -0.838. The molecule has 2 aliphatic rings. The molecule has 10 heteroatoms. The number of rotatable bonds is 3. The third-order valence-electron chi connectivity index (χ3n) is 4.91. The van der Waals surface area contributed by atoms with Gasteiger partial charge >= 0.3 is 6.03 Å². The molecule has 1 saturated heterocycles. The smallest absolute Gasteiger partial charge is 0.329 e. The molecule has 0 bridgehead atoms. The molecule has 1 fully saturated rings. The van der Waals surface area contributed by atoms with Crippen LogP contribution in [-0.4, -0.2) is 41.9 Å². The van der Waals surface area contributed by atoms with Crippen LogP contribution in [0.2, 0.25) is 10.0 Å². The largest absolute Gasteiger partial charge is 0.366 e. The Balaban J connectivity index is 1.57. The number of fused-ring (bicyclic) bond motifs is 1. The van der Waals surface area contributed by atoms with E-state index in [1.807, 2.05) is 0 Å². The van der Waals surface area contributed by atoms with Gasteiger partial charge < -0.3 is 15.5 Å². The van der Waals surface area contributed by atoms with Crippen LogP contribution in [-0.2, 0) is 9.59 Å². The second kappa shape index (κ2) is 7.62. The number of nitrogens with one attached hydrogen (secondary N) is 2. The van der Waals surface area contributed by atoms with E-state index in [9.17, 15) is 18.8 Å². The van der Waals surface area contributed by atoms with Gasteiger partial charge in [0, 0.05) is 24.0 Å². The van der Waals surface area contributed by atoms with Gasteiger partial charge in [0.1, 0.15) is 11.9 Å². The first kappa shape index (κ1) is 20.2. The molecule has 4 amide bonds. The second-order valence-electron chi connectivity index (χ2n) is 6.85. The van der Waals surface area contributed by atoms with Crippen LogP contribution in [0, 0.1) is 5.82 Å². The molecule has 30 heavy (non-hydrogen) atoms. The summed E-state index contributed by atoms with van der Waals surface area (Å²) in [7, 11) is 1.64. The Bertz CT molecular complexity index is 1090. The zero-order valence-electron chi connectivity index (χ0n) is 15.5. The molecule has 0 spiro atoms. The van der Waals surface area contributed by atoms with E-state index in [1.54, 1.807) is 36.2 Å². The van der Waals surface area contributed by atoms with Gasteiger partial charge in [0.25, 0.3) is 11.8 Å². The van der Waals surface area contributed by atoms with Gasteiger partial charge in [-0.15, -0.1) is 0 Å². The summed E-state index contributed by atoms with van der Waals surface area (Å²) in [6.07, 6.45) is 1.50. The van der Waals surface area contributed by atoms with E-state index in [2.05, 4.69) is 10.6 Å². The van der Waals surface area contributed by atoms with Crippen LogP contribution in [0.1, 0.15) is 0 Å². The molecule has 2 aromatic carbocycles. The minimum Gasteiger partial charge on any atom is -0.366 e. The maximum absolute atomic E-state index is 13.3. The van der Waals surface area contributed by atoms with Crippen molar-refractivity contribution in [2.75, 3.05) is 17.3 Å². The van der Waals surface area contributed by atoms with Crippen molar-refractivity contribution in [3.63, 3.8) is 0 Å². The summed E-state index contributed by atoms with van der Waals surface area (Å²) in [5.74, 6) is -1.62. The van der Waals surface area contributed by atoms with Crippen LogP contribution in [0.4, 0.5) is 20.6 Å². The number of imide groups is 1. The van der Waals surface area contributed by atoms with E-state index >= 15 is 0 Å². The summed E-state index contributed by atoms with van der Waals surface area (Å²) < 4.78 is 13.3. The molecule has 2 aliphatic heterocycles. The molecule has 4 rings (SSSR count). The van der Waals surface area contributed by atoms with Crippen molar-refractivity contribution in [1.29, 1.82) is 0 Å². The lowest BCUT2D eigenvalue weighted by Crippen LogP contribution is -2.65. The number of nitrogens with zero attached hydrogens (tertiary/aromatic N) is 2. The average Bonchev–Trinajstić information content (AvgIpc) is 3.02. The van der Waals surface area contributed by atoms with Gasteiger partial charge in [0.05, 0.1) is 22.3 Å². The van der Waals surface area contributed by atoms with Crippen molar-refractivity contribution >= 4 is 52.4 Å². The topological polar surface area (TPSA) is 81.8 Å². The van der Waals surface area contributed by atoms with E-state index < -0.39 is 35.7 Å². The third kappa shape index (κ3) is 3.48. The quantitative estimate of drug-likeness (QED) is 0.753. The fourth-order valence-electron chi connectivity index (χ4n) is 3.50. The molecule has 2 heterocycles. The van der Waals surface area contributed by atoms with E-state index in [4.69, 9.17) is 23.2 Å². The van der Waals surface area contributed by atoms with Crippen molar-refractivity contribution in [2.45, 2.75) is 12.1 Å². The first-order valence-corrected chi connectivity index (χ1v) is 9.62. The lowest BCUT2D eigenvalue weighted by Gasteiger charge is -2.37. The zero-order valence-corrected chi connectivity index (χ0v) is 17.0. The number of benzene rings is 2. The molecule has 0 radical (unpaired) electrons. The molecule has 2 unspecified atom stereocenters. The Morgan fingerprint density at radius 3 is 2.50 bits per heavy atom. The number of urea groups is 1. The molecule has 0 saturated carbocycles. The Morgan fingerprint density at radius 1 is 1.13 bits per heavy atom. The molecular weight excluding hydrogens is 434 g/mol. The number of halogens is 3. The number of amides is 4. The van der Waals surface area contributed by atoms with Crippen molar-refractivity contribution in [2.24, 2.45) is 0 Å². The molecule has 154 valence electrons. The maximum atomic E-state index is 13.3. The Hall–Kier alpha value is -3.10. The fourth-order valence-corrected chi connectivity index (χ4v) is 3.81. The Morgan fingerprint density at radius 2 is 1.83 bits per heavy atom. The highest BCUT2D eigenvalue weighted by Crippen LogP contribution is 2.30. The maximum Gasteiger partial charge on any atom is 0.329 e. The van der Waals surface area contributed by atoms with Gasteiger partial charge in [0.2, 0.25) is 0 Å². The molecule has 2 atom stereocenters. The summed E-state index contributed by atoms with van der Waals surface area (Å²) >= 11 is 11.6. The summed E-state index contributed by atoms with van der Waals surface area (Å²) in [6.45, 7) is 0. The minimum absolute atomic E-state index is 0.136. The number of carbonyl (C=O) groups is 3. The van der Waals surface area contributed by atoms with E-state index in [1.165, 1.54) is 18.3 Å². The predicted molar refractivity (Wildman–Crippen MR) is 111 cm³/mol. The SMILES string of the molecule is CN1C=C(C(=O)Nc2ccc(F)c(Cl)c2)C2NC(=O)N(c3ccc(Cl)cc3)C(=O)C21. The normalized spacial score (nSPS) is 20.6. The first-order valence-electron chi connectivity index (χ1n) is 8.86. The fraction of sp³-hybridized carbons (Fsp3) is 0.150. The molecule has 0 aliphatic carbocycles. The number of likely N-dealkylation sites (N-methyl/N-ethyl adjacent to an activating group) is 1. The van der Waals surface area contributed by atoms with Crippen LogP contribution < -0.4 is 15.5 Å². The Labute approximate surface area is 181 Å². The van der Waals surface area contributed by atoms with Crippen LogP contribution in [0.15, 0.2) is 54.2 Å².